The monoisotopic (exact) mass is 305 g/mol. The Bertz CT molecular complexity index is 498. The summed E-state index contributed by atoms with van der Waals surface area (Å²) in [6.07, 6.45) is -2.24. The molecular formula is C15H31NO3Si. The second-order valence-corrected chi connectivity index (χ2v) is 12.4. The molecule has 1 amide bonds. The van der Waals surface area contributed by atoms with E-state index in [-0.39, 0.29) is 11.5 Å². The van der Waals surface area contributed by atoms with E-state index in [1.165, 1.54) is 0 Å². The van der Waals surface area contributed by atoms with E-state index in [2.05, 4.69) is 0 Å². The molecule has 0 aromatic heterocycles. The smallest absolute Gasteiger partial charge is 0.410 e. The lowest BCUT2D eigenvalue weighted by Gasteiger charge is -2.38. The average molecular weight is 306 g/mol. The van der Waals surface area contributed by atoms with Gasteiger partial charge in [-0.05, 0) is 45.3 Å². The van der Waals surface area contributed by atoms with Crippen LogP contribution < -0.4 is 0 Å². The number of carbonyl (C=O) groups is 1. The Morgan fingerprint density at radius 1 is 1.25 bits per heavy atom. The van der Waals surface area contributed by atoms with Crippen molar-refractivity contribution in [1.82, 2.24) is 4.90 Å². The lowest BCUT2D eigenvalue weighted by atomic mass is 10.2. The van der Waals surface area contributed by atoms with Crippen LogP contribution in [0.5, 0.6) is 0 Å². The molecule has 0 aromatic carbocycles. The van der Waals surface area contributed by atoms with Gasteiger partial charge in [0.15, 0.2) is 8.32 Å². The van der Waals surface area contributed by atoms with Crippen molar-refractivity contribution >= 4 is 14.4 Å². The molecule has 0 N–H and O–H groups in total. The Morgan fingerprint density at radius 3 is 2.25 bits per heavy atom. The molecule has 0 aromatic rings. The third kappa shape index (κ3) is 4.77. The maximum absolute atomic E-state index is 12.4. The summed E-state index contributed by atoms with van der Waals surface area (Å²) < 4.78 is 44.2. The van der Waals surface area contributed by atoms with Crippen molar-refractivity contribution in [1.29, 1.82) is 0 Å². The predicted molar refractivity (Wildman–Crippen MR) is 84.5 cm³/mol. The van der Waals surface area contributed by atoms with Crippen molar-refractivity contribution in [3.63, 3.8) is 0 Å². The standard InChI is InChI=1S/C15H31NO3Si/c1-14(2,3)18-13(17)16-10-9-12(11-16)19-20(7,8)15(4,5)6/h12H,9-11H2,1-8H3/t12-/m1/s1/i10D2,11D2. The van der Waals surface area contributed by atoms with Crippen LogP contribution in [0.1, 0.15) is 53.4 Å². The highest BCUT2D eigenvalue weighted by Gasteiger charge is 2.41. The van der Waals surface area contributed by atoms with Crippen molar-refractivity contribution in [3.05, 3.63) is 0 Å². The van der Waals surface area contributed by atoms with Crippen LogP contribution in [0.4, 0.5) is 4.79 Å². The van der Waals surface area contributed by atoms with E-state index >= 15 is 0 Å². The second kappa shape index (κ2) is 5.68. The molecule has 1 atom stereocenters. The average Bonchev–Trinajstić information content (AvgIpc) is 2.38. The summed E-state index contributed by atoms with van der Waals surface area (Å²) in [4.78, 5) is 12.9. The molecule has 1 rings (SSSR count). The van der Waals surface area contributed by atoms with Gasteiger partial charge in [0.1, 0.15) is 5.60 Å². The van der Waals surface area contributed by atoms with Gasteiger partial charge >= 0.3 is 6.09 Å². The van der Waals surface area contributed by atoms with Crippen LogP contribution in [0.2, 0.25) is 18.1 Å². The molecular weight excluding hydrogens is 270 g/mol. The lowest BCUT2D eigenvalue weighted by molar-refractivity contribution is 0.0273. The molecule has 1 fully saturated rings. The van der Waals surface area contributed by atoms with Gasteiger partial charge in [-0.2, -0.15) is 0 Å². The summed E-state index contributed by atoms with van der Waals surface area (Å²) in [5.74, 6) is 0. The number of hydrogen-bond donors (Lipinski definition) is 0. The normalized spacial score (nSPS) is 29.2. The molecule has 118 valence electrons. The molecule has 20 heavy (non-hydrogen) atoms. The number of likely N-dealkylation sites (tertiary alicyclic amines) is 1. The highest BCUT2D eigenvalue weighted by Crippen LogP contribution is 2.38. The first-order valence-electron chi connectivity index (χ1n) is 9.02. The first-order valence-corrected chi connectivity index (χ1v) is 9.93. The summed E-state index contributed by atoms with van der Waals surface area (Å²) in [6.45, 7) is 10.6. The van der Waals surface area contributed by atoms with Gasteiger partial charge < -0.3 is 14.1 Å². The molecule has 1 aliphatic rings. The summed E-state index contributed by atoms with van der Waals surface area (Å²) in [6, 6.07) is 0. The molecule has 0 saturated carbocycles. The van der Waals surface area contributed by atoms with Crippen LogP contribution in [0.15, 0.2) is 0 Å². The minimum Gasteiger partial charge on any atom is -0.444 e. The first kappa shape index (κ1) is 12.0. The molecule has 4 nitrogen and oxygen atoms in total. The third-order valence-electron chi connectivity index (χ3n) is 3.53. The van der Waals surface area contributed by atoms with Crippen LogP contribution in [-0.4, -0.2) is 44.0 Å². The van der Waals surface area contributed by atoms with E-state index in [4.69, 9.17) is 14.6 Å². The van der Waals surface area contributed by atoms with Crippen LogP contribution in [0.3, 0.4) is 0 Å². The maximum Gasteiger partial charge on any atom is 0.410 e. The number of rotatable bonds is 2. The molecule has 1 heterocycles. The fourth-order valence-corrected chi connectivity index (χ4v) is 2.64. The maximum atomic E-state index is 12.4. The van der Waals surface area contributed by atoms with Gasteiger partial charge in [-0.1, -0.05) is 20.8 Å². The van der Waals surface area contributed by atoms with Gasteiger partial charge in [0.2, 0.25) is 0 Å². The van der Waals surface area contributed by atoms with Crippen LogP contribution in [0.25, 0.3) is 0 Å². The highest BCUT2D eigenvalue weighted by molar-refractivity contribution is 6.74. The molecule has 1 aliphatic heterocycles. The number of nitrogens with zero attached hydrogens (tertiary/aromatic N) is 1. The van der Waals surface area contributed by atoms with Crippen LogP contribution in [-0.2, 0) is 9.16 Å². The quantitative estimate of drug-likeness (QED) is 0.723. The zero-order chi connectivity index (χ0) is 19.4. The summed E-state index contributed by atoms with van der Waals surface area (Å²) in [5.41, 5.74) is -0.832. The number of carbonyl (C=O) groups excluding carboxylic acids is 1. The zero-order valence-corrected chi connectivity index (χ0v) is 15.0. The molecule has 0 bridgehead atoms. The predicted octanol–water partition coefficient (Wildman–Crippen LogP) is 4.02. The van der Waals surface area contributed by atoms with E-state index in [0.29, 0.717) is 4.90 Å². The third-order valence-corrected chi connectivity index (χ3v) is 8.01. The van der Waals surface area contributed by atoms with Crippen molar-refractivity contribution in [2.24, 2.45) is 0 Å². The van der Waals surface area contributed by atoms with Crippen LogP contribution >= 0.6 is 0 Å². The zero-order valence-electron chi connectivity index (χ0n) is 18.0. The fourth-order valence-electron chi connectivity index (χ4n) is 1.43. The highest BCUT2D eigenvalue weighted by atomic mass is 28.4. The van der Waals surface area contributed by atoms with E-state index in [1.807, 2.05) is 33.9 Å². The summed E-state index contributed by atoms with van der Waals surface area (Å²) in [7, 11) is -2.32. The van der Waals surface area contributed by atoms with Crippen molar-refractivity contribution in [2.45, 2.75) is 77.8 Å². The van der Waals surface area contributed by atoms with Crippen LogP contribution in [0, 0.1) is 0 Å². The van der Waals surface area contributed by atoms with Gasteiger partial charge in [0.25, 0.3) is 0 Å². The van der Waals surface area contributed by atoms with Crippen molar-refractivity contribution in [3.8, 4) is 0 Å². The van der Waals surface area contributed by atoms with Gasteiger partial charge in [-0.3, -0.25) is 0 Å². The second-order valence-electron chi connectivity index (χ2n) is 7.67. The molecule has 5 heteroatoms. The molecule has 0 spiro atoms. The van der Waals surface area contributed by atoms with Gasteiger partial charge in [0.05, 0.1) is 8.85 Å². The molecule has 0 aliphatic carbocycles. The Kier molecular flexibility index (Phi) is 3.42. The van der Waals surface area contributed by atoms with Crippen molar-refractivity contribution in [2.75, 3.05) is 13.0 Å². The molecule has 0 radical (unpaired) electrons. The molecule has 0 unspecified atom stereocenters. The number of amides is 1. The molecule has 1 saturated heterocycles. The van der Waals surface area contributed by atoms with E-state index in [1.54, 1.807) is 20.8 Å². The van der Waals surface area contributed by atoms with E-state index in [9.17, 15) is 4.79 Å². The number of ether oxygens (including phenoxy) is 1. The number of hydrogen-bond acceptors (Lipinski definition) is 3. The Balaban J connectivity index is 3.12. The topological polar surface area (TPSA) is 38.8 Å². The van der Waals surface area contributed by atoms with E-state index < -0.39 is 39.1 Å². The van der Waals surface area contributed by atoms with Gasteiger partial charge in [-0.25, -0.2) is 4.79 Å². The lowest BCUT2D eigenvalue weighted by Crippen LogP contribution is -2.45. The Labute approximate surface area is 130 Å². The minimum absolute atomic E-state index is 0.144. The fraction of sp³-hybridized carbons (Fsp3) is 0.933. The van der Waals surface area contributed by atoms with E-state index in [0.717, 1.165) is 0 Å². The SMILES string of the molecule is [2H]C1([2H])C[C@@H](O[Si](C)(C)C(C)(C)C)C([2H])([2H])N1C(=O)OC(C)(C)C. The Hall–Kier alpha value is -0.553. The summed E-state index contributed by atoms with van der Waals surface area (Å²) in [5, 5.41) is -0.144. The minimum atomic E-state index is -2.32. The summed E-state index contributed by atoms with van der Waals surface area (Å²) >= 11 is 0. The van der Waals surface area contributed by atoms with Gasteiger partial charge in [-0.15, -0.1) is 0 Å². The van der Waals surface area contributed by atoms with Gasteiger partial charge in [0, 0.05) is 15.7 Å². The largest absolute Gasteiger partial charge is 0.444 e. The Morgan fingerprint density at radius 2 is 1.80 bits per heavy atom. The van der Waals surface area contributed by atoms with Crippen molar-refractivity contribution < 1.29 is 19.4 Å². The first-order chi connectivity index (χ1) is 10.3.